The molecule has 1 aromatic heterocycles. The van der Waals surface area contributed by atoms with Gasteiger partial charge in [-0.3, -0.25) is 4.79 Å². The maximum absolute atomic E-state index is 12.1. The molecule has 1 aliphatic heterocycles. The van der Waals surface area contributed by atoms with Crippen molar-refractivity contribution < 1.29 is 9.00 Å². The third-order valence-electron chi connectivity index (χ3n) is 2.79. The summed E-state index contributed by atoms with van der Waals surface area (Å²) in [5.41, 5.74) is 0.484. The van der Waals surface area contributed by atoms with Crippen molar-refractivity contribution >= 4 is 16.9 Å². The van der Waals surface area contributed by atoms with Gasteiger partial charge in [0.25, 0.3) is 5.91 Å². The highest BCUT2D eigenvalue weighted by Crippen LogP contribution is 2.18. The minimum absolute atomic E-state index is 0.102. The van der Waals surface area contributed by atoms with Crippen LogP contribution in [0.2, 0.25) is 0 Å². The largest absolute Gasteiger partial charge is 0.356 e. The monoisotopic (exact) mass is 255 g/mol. The van der Waals surface area contributed by atoms with Crippen LogP contribution in [0.25, 0.3) is 0 Å². The lowest BCUT2D eigenvalue weighted by Crippen LogP contribution is -2.22. The molecule has 2 heterocycles. The van der Waals surface area contributed by atoms with E-state index in [9.17, 15) is 9.00 Å². The maximum Gasteiger partial charge on any atom is 0.269 e. The minimum Gasteiger partial charge on any atom is -0.356 e. The number of hydrogen-bond donors (Lipinski definition) is 1. The van der Waals surface area contributed by atoms with E-state index < -0.39 is 11.0 Å². The van der Waals surface area contributed by atoms with Crippen molar-refractivity contribution in [2.75, 3.05) is 27.2 Å². The number of aromatic amines is 1. The van der Waals surface area contributed by atoms with E-state index in [1.54, 1.807) is 26.4 Å². The fourth-order valence-corrected chi connectivity index (χ4v) is 3.11. The van der Waals surface area contributed by atoms with Gasteiger partial charge in [-0.05, 0) is 18.9 Å². The number of carbonyl (C=O) groups excluding carboxylic acids is 1. The molecule has 1 aliphatic rings. The summed E-state index contributed by atoms with van der Waals surface area (Å²) in [6.07, 6.45) is 3.85. The van der Waals surface area contributed by atoms with E-state index >= 15 is 0 Å². The Kier molecular flexibility index (Phi) is 3.63. The number of nitrogens with zero attached hydrogens (tertiary/aromatic N) is 2. The average Bonchev–Trinajstić information content (AvgIpc) is 2.98. The summed E-state index contributed by atoms with van der Waals surface area (Å²) in [5, 5.41) is 0. The van der Waals surface area contributed by atoms with Gasteiger partial charge in [-0.15, -0.1) is 0 Å². The topological polar surface area (TPSA) is 56.4 Å². The first kappa shape index (κ1) is 12.3. The van der Waals surface area contributed by atoms with Crippen molar-refractivity contribution in [3.05, 3.63) is 18.0 Å². The molecule has 1 atom stereocenters. The summed E-state index contributed by atoms with van der Waals surface area (Å²) in [7, 11) is 2.25. The minimum atomic E-state index is -1.14. The van der Waals surface area contributed by atoms with E-state index in [2.05, 4.69) is 4.98 Å². The van der Waals surface area contributed by atoms with Gasteiger partial charge in [-0.2, -0.15) is 0 Å². The second kappa shape index (κ2) is 5.01. The van der Waals surface area contributed by atoms with Gasteiger partial charge in [0.15, 0.2) is 0 Å². The maximum atomic E-state index is 12.1. The van der Waals surface area contributed by atoms with Crippen LogP contribution in [-0.4, -0.2) is 51.5 Å². The molecule has 5 nitrogen and oxygen atoms in total. The van der Waals surface area contributed by atoms with Crippen LogP contribution in [0, 0.1) is 0 Å². The van der Waals surface area contributed by atoms with Crippen LogP contribution < -0.4 is 0 Å². The third kappa shape index (κ3) is 2.58. The Morgan fingerprint density at radius 1 is 1.41 bits per heavy atom. The van der Waals surface area contributed by atoms with E-state index in [1.807, 2.05) is 4.31 Å². The Hall–Kier alpha value is -1.14. The second-order valence-corrected chi connectivity index (χ2v) is 5.82. The number of hydrogen-bond acceptors (Lipinski definition) is 2. The first-order valence-corrected chi connectivity index (χ1v) is 6.77. The van der Waals surface area contributed by atoms with Crippen molar-refractivity contribution in [1.82, 2.24) is 14.2 Å². The number of aromatic nitrogens is 1. The molecule has 1 unspecified atom stereocenters. The zero-order valence-electron chi connectivity index (χ0n) is 10.1. The molecule has 0 spiro atoms. The van der Waals surface area contributed by atoms with Gasteiger partial charge >= 0.3 is 0 Å². The predicted molar refractivity (Wildman–Crippen MR) is 66.0 cm³/mol. The molecule has 94 valence electrons. The SMILES string of the molecule is CN(C)C(=O)c1cc(S(=O)N2CCCC2)c[nH]1. The summed E-state index contributed by atoms with van der Waals surface area (Å²) in [5.74, 6) is -0.102. The first-order valence-electron chi connectivity index (χ1n) is 5.66. The highest BCUT2D eigenvalue weighted by molar-refractivity contribution is 7.82. The van der Waals surface area contributed by atoms with Crippen LogP contribution in [0.4, 0.5) is 0 Å². The Morgan fingerprint density at radius 2 is 2.06 bits per heavy atom. The summed E-state index contributed by atoms with van der Waals surface area (Å²) in [6, 6.07) is 1.68. The van der Waals surface area contributed by atoms with Crippen molar-refractivity contribution in [2.45, 2.75) is 17.7 Å². The number of rotatable bonds is 3. The molecule has 6 heteroatoms. The van der Waals surface area contributed by atoms with E-state index in [1.165, 1.54) is 4.90 Å². The number of nitrogens with one attached hydrogen (secondary N) is 1. The van der Waals surface area contributed by atoms with Gasteiger partial charge in [-0.25, -0.2) is 8.51 Å². The number of amides is 1. The highest BCUT2D eigenvalue weighted by Gasteiger charge is 2.21. The summed E-state index contributed by atoms with van der Waals surface area (Å²) >= 11 is 0. The summed E-state index contributed by atoms with van der Waals surface area (Å²) in [6.45, 7) is 1.74. The van der Waals surface area contributed by atoms with Crippen molar-refractivity contribution in [2.24, 2.45) is 0 Å². The molecule has 0 saturated carbocycles. The van der Waals surface area contributed by atoms with Crippen LogP contribution in [0.5, 0.6) is 0 Å². The Bertz CT molecular complexity index is 436. The van der Waals surface area contributed by atoms with Crippen molar-refractivity contribution in [3.8, 4) is 0 Å². The molecular weight excluding hydrogens is 238 g/mol. The zero-order valence-corrected chi connectivity index (χ0v) is 10.9. The van der Waals surface area contributed by atoms with E-state index in [0.29, 0.717) is 10.6 Å². The van der Waals surface area contributed by atoms with Gasteiger partial charge < -0.3 is 9.88 Å². The molecule has 2 rings (SSSR count). The van der Waals surface area contributed by atoms with Crippen molar-refractivity contribution in [3.63, 3.8) is 0 Å². The molecule has 17 heavy (non-hydrogen) atoms. The highest BCUT2D eigenvalue weighted by atomic mass is 32.2. The molecule has 0 radical (unpaired) electrons. The van der Waals surface area contributed by atoms with Gasteiger partial charge in [0.2, 0.25) is 0 Å². The standard InChI is InChI=1S/C11H17N3O2S/c1-13(2)11(15)10-7-9(8-12-10)17(16)14-5-3-4-6-14/h7-8,12H,3-6H2,1-2H3. The molecular formula is C11H17N3O2S. The molecule has 0 aliphatic carbocycles. The smallest absolute Gasteiger partial charge is 0.269 e. The molecule has 1 fully saturated rings. The lowest BCUT2D eigenvalue weighted by Gasteiger charge is -2.11. The van der Waals surface area contributed by atoms with Crippen LogP contribution in [-0.2, 0) is 11.0 Å². The Morgan fingerprint density at radius 3 is 2.65 bits per heavy atom. The summed E-state index contributed by atoms with van der Waals surface area (Å²) in [4.78, 5) is 16.7. The molecule has 1 N–H and O–H groups in total. The average molecular weight is 255 g/mol. The molecule has 0 bridgehead atoms. The summed E-state index contributed by atoms with van der Waals surface area (Å²) < 4.78 is 14.1. The van der Waals surface area contributed by atoms with Gasteiger partial charge in [0.1, 0.15) is 16.7 Å². The fraction of sp³-hybridized carbons (Fsp3) is 0.545. The van der Waals surface area contributed by atoms with E-state index in [-0.39, 0.29) is 5.91 Å². The van der Waals surface area contributed by atoms with Crippen LogP contribution in [0.3, 0.4) is 0 Å². The third-order valence-corrected chi connectivity index (χ3v) is 4.27. The predicted octanol–water partition coefficient (Wildman–Crippen LogP) is 0.835. The lowest BCUT2D eigenvalue weighted by molar-refractivity contribution is 0.0822. The zero-order chi connectivity index (χ0) is 12.4. The molecule has 1 saturated heterocycles. The van der Waals surface area contributed by atoms with Gasteiger partial charge in [0, 0.05) is 33.4 Å². The fourth-order valence-electron chi connectivity index (χ4n) is 1.84. The quantitative estimate of drug-likeness (QED) is 0.870. The van der Waals surface area contributed by atoms with E-state index in [4.69, 9.17) is 0 Å². The molecule has 0 aromatic carbocycles. The van der Waals surface area contributed by atoms with Gasteiger partial charge in [-0.1, -0.05) is 0 Å². The van der Waals surface area contributed by atoms with E-state index in [0.717, 1.165) is 25.9 Å². The first-order chi connectivity index (χ1) is 8.09. The van der Waals surface area contributed by atoms with Gasteiger partial charge in [0.05, 0.1) is 4.90 Å². The van der Waals surface area contributed by atoms with Crippen LogP contribution >= 0.6 is 0 Å². The van der Waals surface area contributed by atoms with Crippen molar-refractivity contribution in [1.29, 1.82) is 0 Å². The van der Waals surface area contributed by atoms with Crippen LogP contribution in [0.1, 0.15) is 23.3 Å². The normalized spacial score (nSPS) is 18.2. The number of carbonyl (C=O) groups is 1. The molecule has 1 amide bonds. The molecule has 1 aromatic rings. The Balaban J connectivity index is 2.12. The number of H-pyrrole nitrogens is 1. The lowest BCUT2D eigenvalue weighted by atomic mass is 10.4. The Labute approximate surface area is 103 Å². The van der Waals surface area contributed by atoms with Crippen LogP contribution in [0.15, 0.2) is 17.2 Å². The second-order valence-electron chi connectivity index (χ2n) is 4.33.